The molecule has 264 valence electrons. The van der Waals surface area contributed by atoms with Crippen LogP contribution in [0.25, 0.3) is 98.2 Å². The van der Waals surface area contributed by atoms with Gasteiger partial charge in [-0.3, -0.25) is 0 Å². The number of thiophene rings is 1. The second kappa shape index (κ2) is 12.7. The van der Waals surface area contributed by atoms with Crippen molar-refractivity contribution in [3.63, 3.8) is 0 Å². The highest BCUT2D eigenvalue weighted by atomic mass is 32.1. The zero-order valence-electron chi connectivity index (χ0n) is 31.1. The molecule has 11 rings (SSSR count). The second-order valence-corrected chi connectivity index (χ2v) is 16.5. The number of nitrogens with zero attached hydrogens (tertiary/aromatic N) is 2. The molecule has 10 aromatic rings. The van der Waals surface area contributed by atoms with E-state index >= 15 is 0 Å². The zero-order chi connectivity index (χ0) is 37.4. The van der Waals surface area contributed by atoms with Crippen molar-refractivity contribution in [2.24, 2.45) is 0 Å². The van der Waals surface area contributed by atoms with Gasteiger partial charge in [-0.1, -0.05) is 147 Å². The molecule has 0 saturated heterocycles. The summed E-state index contributed by atoms with van der Waals surface area (Å²) in [6, 6.07) is 66.0. The molecule has 2 heterocycles. The first kappa shape index (κ1) is 32.7. The van der Waals surface area contributed by atoms with E-state index in [1.165, 1.54) is 64.3 Å². The van der Waals surface area contributed by atoms with Gasteiger partial charge in [0.2, 0.25) is 0 Å². The van der Waals surface area contributed by atoms with Crippen molar-refractivity contribution in [2.75, 3.05) is 0 Å². The lowest BCUT2D eigenvalue weighted by Crippen LogP contribution is -2.15. The molecule has 56 heavy (non-hydrogen) atoms. The van der Waals surface area contributed by atoms with Gasteiger partial charge in [0.15, 0.2) is 5.82 Å². The third-order valence-corrected chi connectivity index (χ3v) is 12.8. The third-order valence-electron chi connectivity index (χ3n) is 11.6. The molecule has 0 unspecified atom stereocenters. The van der Waals surface area contributed by atoms with Crippen LogP contribution in [-0.4, -0.2) is 9.97 Å². The minimum Gasteiger partial charge on any atom is -0.228 e. The van der Waals surface area contributed by atoms with Gasteiger partial charge in [-0.2, -0.15) is 0 Å². The van der Waals surface area contributed by atoms with Crippen LogP contribution in [0.4, 0.5) is 0 Å². The Hall–Kier alpha value is -6.68. The van der Waals surface area contributed by atoms with E-state index in [2.05, 4.69) is 190 Å². The fourth-order valence-corrected chi connectivity index (χ4v) is 9.95. The van der Waals surface area contributed by atoms with Crippen LogP contribution in [0.3, 0.4) is 0 Å². The quantitative estimate of drug-likeness (QED) is 0.176. The van der Waals surface area contributed by atoms with E-state index in [4.69, 9.17) is 9.97 Å². The van der Waals surface area contributed by atoms with Crippen LogP contribution >= 0.6 is 11.3 Å². The van der Waals surface area contributed by atoms with Crippen molar-refractivity contribution >= 4 is 42.3 Å². The molecule has 0 saturated carbocycles. The minimum absolute atomic E-state index is 0.173. The van der Waals surface area contributed by atoms with Crippen molar-refractivity contribution in [3.8, 4) is 67.3 Å². The largest absolute Gasteiger partial charge is 0.228 e. The van der Waals surface area contributed by atoms with Crippen molar-refractivity contribution in [1.82, 2.24) is 9.97 Å². The molecule has 2 nitrogen and oxygen atoms in total. The van der Waals surface area contributed by atoms with Crippen LogP contribution in [0.15, 0.2) is 182 Å². The Labute approximate surface area is 330 Å². The molecule has 2 aromatic heterocycles. The van der Waals surface area contributed by atoms with Gasteiger partial charge in [0, 0.05) is 42.3 Å². The molecule has 0 fully saturated rings. The van der Waals surface area contributed by atoms with Crippen molar-refractivity contribution < 1.29 is 0 Å². The van der Waals surface area contributed by atoms with E-state index in [0.717, 1.165) is 39.2 Å². The normalized spacial score (nSPS) is 13.0. The Morgan fingerprint density at radius 2 is 1.00 bits per heavy atom. The van der Waals surface area contributed by atoms with Crippen LogP contribution in [0.1, 0.15) is 25.0 Å². The predicted octanol–water partition coefficient (Wildman–Crippen LogP) is 14.6. The summed E-state index contributed by atoms with van der Waals surface area (Å²) in [4.78, 5) is 10.6. The van der Waals surface area contributed by atoms with Gasteiger partial charge in [-0.05, 0) is 104 Å². The standard InChI is InChI=1S/C53H36N2S/c1-53(2)46-31-37(22-24-42(46)44-25-21-34-15-9-10-18-41(34)51(44)53)47-32-48(55-52(54-47)35-16-7-4-8-17-35)40-28-38(33-13-5-3-6-14-33)27-39(29-40)36-23-26-50-45(30-36)43-19-11-12-20-49(43)56-50/h3-32H,1-2H3. The summed E-state index contributed by atoms with van der Waals surface area (Å²) in [5.74, 6) is 0.713. The van der Waals surface area contributed by atoms with Crippen molar-refractivity contribution in [3.05, 3.63) is 193 Å². The molecule has 0 aliphatic heterocycles. The summed E-state index contributed by atoms with van der Waals surface area (Å²) in [5.41, 5.74) is 14.8. The first-order chi connectivity index (χ1) is 27.5. The Morgan fingerprint density at radius 3 is 1.80 bits per heavy atom. The number of rotatable bonds is 5. The van der Waals surface area contributed by atoms with Gasteiger partial charge in [0.05, 0.1) is 11.4 Å². The molecular weight excluding hydrogens is 697 g/mol. The maximum Gasteiger partial charge on any atom is 0.160 e. The Kier molecular flexibility index (Phi) is 7.42. The zero-order valence-corrected chi connectivity index (χ0v) is 31.9. The van der Waals surface area contributed by atoms with Gasteiger partial charge >= 0.3 is 0 Å². The molecular formula is C53H36N2S. The molecule has 0 amide bonds. The Morgan fingerprint density at radius 1 is 0.393 bits per heavy atom. The summed E-state index contributed by atoms with van der Waals surface area (Å²) in [7, 11) is 0. The van der Waals surface area contributed by atoms with Crippen LogP contribution in [0.5, 0.6) is 0 Å². The SMILES string of the molecule is CC1(C)c2cc(-c3cc(-c4cc(-c5ccccc5)cc(-c5ccc6sc7ccccc7c6c5)c4)nc(-c4ccccc4)n3)ccc2-c2ccc3ccccc3c21. The molecule has 0 spiro atoms. The van der Waals surface area contributed by atoms with Gasteiger partial charge in [-0.15, -0.1) is 11.3 Å². The monoisotopic (exact) mass is 732 g/mol. The lowest BCUT2D eigenvalue weighted by molar-refractivity contribution is 0.666. The number of fused-ring (bicyclic) bond motifs is 8. The molecule has 0 atom stereocenters. The number of hydrogen-bond donors (Lipinski definition) is 0. The molecule has 0 bridgehead atoms. The van der Waals surface area contributed by atoms with Crippen LogP contribution in [0.2, 0.25) is 0 Å². The Bertz CT molecular complexity index is 3160. The molecule has 0 radical (unpaired) electrons. The van der Waals surface area contributed by atoms with E-state index in [9.17, 15) is 0 Å². The average Bonchev–Trinajstić information content (AvgIpc) is 3.75. The highest BCUT2D eigenvalue weighted by Gasteiger charge is 2.37. The molecule has 1 aliphatic rings. The van der Waals surface area contributed by atoms with Gasteiger partial charge in [-0.25, -0.2) is 9.97 Å². The fourth-order valence-electron chi connectivity index (χ4n) is 8.86. The number of hydrogen-bond acceptors (Lipinski definition) is 3. The predicted molar refractivity (Wildman–Crippen MR) is 237 cm³/mol. The smallest absolute Gasteiger partial charge is 0.160 e. The summed E-state index contributed by atoms with van der Waals surface area (Å²) in [6.45, 7) is 4.73. The lowest BCUT2D eigenvalue weighted by Gasteiger charge is -2.23. The van der Waals surface area contributed by atoms with Crippen molar-refractivity contribution in [1.29, 1.82) is 0 Å². The first-order valence-electron chi connectivity index (χ1n) is 19.2. The fraction of sp³-hybridized carbons (Fsp3) is 0.0566. The van der Waals surface area contributed by atoms with Crippen LogP contribution < -0.4 is 0 Å². The van der Waals surface area contributed by atoms with E-state index in [0.29, 0.717) is 5.82 Å². The minimum atomic E-state index is -0.173. The number of aromatic nitrogens is 2. The van der Waals surface area contributed by atoms with Crippen LogP contribution in [0, 0.1) is 0 Å². The van der Waals surface area contributed by atoms with E-state index in [1.54, 1.807) is 0 Å². The van der Waals surface area contributed by atoms with E-state index < -0.39 is 0 Å². The van der Waals surface area contributed by atoms with E-state index in [1.807, 2.05) is 17.4 Å². The van der Waals surface area contributed by atoms with Gasteiger partial charge < -0.3 is 0 Å². The average molecular weight is 733 g/mol. The molecule has 3 heteroatoms. The van der Waals surface area contributed by atoms with E-state index in [-0.39, 0.29) is 5.41 Å². The molecule has 1 aliphatic carbocycles. The highest BCUT2D eigenvalue weighted by molar-refractivity contribution is 7.25. The number of benzene rings is 8. The molecule has 0 N–H and O–H groups in total. The third kappa shape index (κ3) is 5.31. The Balaban J connectivity index is 1.10. The van der Waals surface area contributed by atoms with Crippen LogP contribution in [-0.2, 0) is 5.41 Å². The summed E-state index contributed by atoms with van der Waals surface area (Å²) >= 11 is 1.85. The lowest BCUT2D eigenvalue weighted by atomic mass is 9.80. The second-order valence-electron chi connectivity index (χ2n) is 15.4. The van der Waals surface area contributed by atoms with Crippen molar-refractivity contribution in [2.45, 2.75) is 19.3 Å². The summed E-state index contributed by atoms with van der Waals surface area (Å²) in [6.07, 6.45) is 0. The van der Waals surface area contributed by atoms with Gasteiger partial charge in [0.25, 0.3) is 0 Å². The maximum atomic E-state index is 5.31. The highest BCUT2D eigenvalue weighted by Crippen LogP contribution is 2.52. The summed E-state index contributed by atoms with van der Waals surface area (Å²) in [5, 5.41) is 5.19. The van der Waals surface area contributed by atoms with Gasteiger partial charge in [0.1, 0.15) is 0 Å². The molecule has 8 aromatic carbocycles. The first-order valence-corrected chi connectivity index (χ1v) is 20.0. The summed E-state index contributed by atoms with van der Waals surface area (Å²) < 4.78 is 2.61. The topological polar surface area (TPSA) is 25.8 Å². The maximum absolute atomic E-state index is 5.31.